The summed E-state index contributed by atoms with van der Waals surface area (Å²) >= 11 is 1.42. The van der Waals surface area contributed by atoms with Gasteiger partial charge in [-0.2, -0.15) is 4.99 Å². The van der Waals surface area contributed by atoms with E-state index in [0.717, 1.165) is 5.56 Å². The van der Waals surface area contributed by atoms with Gasteiger partial charge < -0.3 is 14.0 Å². The molecule has 6 heteroatoms. The number of benzene rings is 1. The molecule has 0 aliphatic heterocycles. The highest BCUT2D eigenvalue weighted by molar-refractivity contribution is 7.07. The highest BCUT2D eigenvalue weighted by Gasteiger charge is 2.07. The van der Waals surface area contributed by atoms with Crippen molar-refractivity contribution in [3.63, 3.8) is 0 Å². The van der Waals surface area contributed by atoms with E-state index in [1.807, 2.05) is 48.3 Å². The lowest BCUT2D eigenvalue weighted by molar-refractivity contribution is -0.113. The van der Waals surface area contributed by atoms with Gasteiger partial charge in [-0.15, -0.1) is 11.3 Å². The van der Waals surface area contributed by atoms with E-state index in [-0.39, 0.29) is 5.91 Å². The molecular formula is C19H24N2O3S. The second-order valence-electron chi connectivity index (χ2n) is 5.92. The minimum Gasteiger partial charge on any atom is -0.490 e. The first-order chi connectivity index (χ1) is 12.0. The predicted octanol–water partition coefficient (Wildman–Crippen LogP) is 3.66. The molecule has 0 unspecified atom stereocenters. The first-order valence-corrected chi connectivity index (χ1v) is 9.14. The topological polar surface area (TPSA) is 52.8 Å². The van der Waals surface area contributed by atoms with E-state index < -0.39 is 0 Å². The van der Waals surface area contributed by atoms with E-state index in [1.54, 1.807) is 6.08 Å². The molecule has 5 nitrogen and oxygen atoms in total. The number of rotatable bonds is 7. The number of aromatic nitrogens is 1. The van der Waals surface area contributed by atoms with Crippen LogP contribution in [-0.4, -0.2) is 23.7 Å². The number of ether oxygens (including phenoxy) is 2. The van der Waals surface area contributed by atoms with Crippen molar-refractivity contribution in [1.29, 1.82) is 0 Å². The van der Waals surface area contributed by atoms with Crippen molar-refractivity contribution in [2.75, 3.05) is 13.2 Å². The van der Waals surface area contributed by atoms with Crippen LogP contribution in [0.25, 0.3) is 6.08 Å². The molecule has 0 aliphatic carbocycles. The summed E-state index contributed by atoms with van der Waals surface area (Å²) in [6, 6.07) is 5.63. The maximum Gasteiger partial charge on any atom is 0.272 e. The van der Waals surface area contributed by atoms with Gasteiger partial charge in [0.15, 0.2) is 16.3 Å². The van der Waals surface area contributed by atoms with Gasteiger partial charge in [-0.25, -0.2) is 0 Å². The van der Waals surface area contributed by atoms with Crippen LogP contribution in [0.2, 0.25) is 0 Å². The molecule has 134 valence electrons. The van der Waals surface area contributed by atoms with Crippen LogP contribution >= 0.6 is 11.3 Å². The first-order valence-electron chi connectivity index (χ1n) is 8.26. The van der Waals surface area contributed by atoms with Crippen molar-refractivity contribution in [2.24, 2.45) is 18.0 Å². The third-order valence-electron chi connectivity index (χ3n) is 3.22. The van der Waals surface area contributed by atoms with Crippen LogP contribution in [0, 0.1) is 5.92 Å². The van der Waals surface area contributed by atoms with Crippen molar-refractivity contribution >= 4 is 23.3 Å². The van der Waals surface area contributed by atoms with Gasteiger partial charge in [0.25, 0.3) is 5.91 Å². The number of hydrogen-bond acceptors (Lipinski definition) is 4. The van der Waals surface area contributed by atoms with E-state index in [9.17, 15) is 4.79 Å². The summed E-state index contributed by atoms with van der Waals surface area (Å²) < 4.78 is 13.2. The Kier molecular flexibility index (Phi) is 7.01. The summed E-state index contributed by atoms with van der Waals surface area (Å²) in [5.41, 5.74) is 0.861. The molecule has 0 N–H and O–H groups in total. The van der Waals surface area contributed by atoms with Crippen molar-refractivity contribution < 1.29 is 14.3 Å². The summed E-state index contributed by atoms with van der Waals surface area (Å²) in [7, 11) is 1.86. The van der Waals surface area contributed by atoms with Gasteiger partial charge in [0, 0.05) is 24.7 Å². The van der Waals surface area contributed by atoms with Crippen LogP contribution in [0.5, 0.6) is 11.5 Å². The number of aryl methyl sites for hydroxylation is 1. The summed E-state index contributed by atoms with van der Waals surface area (Å²) in [4.78, 5) is 16.7. The quantitative estimate of drug-likeness (QED) is 0.708. The molecule has 0 atom stereocenters. The molecule has 1 aromatic carbocycles. The number of thiazole rings is 1. The lowest BCUT2D eigenvalue weighted by Crippen LogP contribution is -2.11. The fourth-order valence-corrected chi connectivity index (χ4v) is 2.74. The van der Waals surface area contributed by atoms with Crippen LogP contribution in [0.1, 0.15) is 26.3 Å². The summed E-state index contributed by atoms with van der Waals surface area (Å²) in [5.74, 6) is 1.54. The fourth-order valence-electron chi connectivity index (χ4n) is 2.01. The van der Waals surface area contributed by atoms with Crippen molar-refractivity contribution in [3.8, 4) is 11.5 Å². The van der Waals surface area contributed by atoms with Crippen molar-refractivity contribution in [2.45, 2.75) is 20.8 Å². The minimum atomic E-state index is -0.295. The van der Waals surface area contributed by atoms with Gasteiger partial charge in [0.1, 0.15) is 0 Å². The normalized spacial score (nSPS) is 12.1. The molecule has 0 fully saturated rings. The van der Waals surface area contributed by atoms with Gasteiger partial charge in [-0.05, 0) is 36.6 Å². The number of hydrogen-bond donors (Lipinski definition) is 0. The minimum absolute atomic E-state index is 0.295. The summed E-state index contributed by atoms with van der Waals surface area (Å²) in [6.45, 7) is 7.30. The smallest absolute Gasteiger partial charge is 0.272 e. The monoisotopic (exact) mass is 360 g/mol. The van der Waals surface area contributed by atoms with Crippen molar-refractivity contribution in [1.82, 2.24) is 4.57 Å². The average Bonchev–Trinajstić information content (AvgIpc) is 2.97. The molecule has 2 rings (SSSR count). The second kappa shape index (κ2) is 9.22. The Labute approximate surface area is 152 Å². The SMILES string of the molecule is CCOc1cc(C=CC(=O)N=c2sccn2C)ccc1OCC(C)C. The largest absolute Gasteiger partial charge is 0.490 e. The zero-order valence-corrected chi connectivity index (χ0v) is 15.9. The average molecular weight is 360 g/mol. The summed E-state index contributed by atoms with van der Waals surface area (Å²) in [6.07, 6.45) is 5.05. The Morgan fingerprint density at radius 2 is 2.12 bits per heavy atom. The van der Waals surface area contributed by atoms with Gasteiger partial charge in [0.2, 0.25) is 0 Å². The number of nitrogens with zero attached hydrogens (tertiary/aromatic N) is 2. The van der Waals surface area contributed by atoms with Crippen LogP contribution in [0.4, 0.5) is 0 Å². The Morgan fingerprint density at radius 1 is 1.32 bits per heavy atom. The zero-order valence-electron chi connectivity index (χ0n) is 15.1. The van der Waals surface area contributed by atoms with Crippen LogP contribution in [-0.2, 0) is 11.8 Å². The molecular weight excluding hydrogens is 336 g/mol. The molecule has 1 heterocycles. The maximum absolute atomic E-state index is 12.0. The molecule has 2 aromatic rings. The number of carbonyl (C=O) groups is 1. The molecule has 0 radical (unpaired) electrons. The molecule has 0 saturated carbocycles. The third-order valence-corrected chi connectivity index (χ3v) is 4.07. The molecule has 0 aliphatic rings. The van der Waals surface area contributed by atoms with Gasteiger partial charge in [0.05, 0.1) is 13.2 Å². The first kappa shape index (κ1) is 19.0. The highest BCUT2D eigenvalue weighted by Crippen LogP contribution is 2.29. The van der Waals surface area contributed by atoms with E-state index in [1.165, 1.54) is 17.4 Å². The Morgan fingerprint density at radius 3 is 2.76 bits per heavy atom. The fraction of sp³-hybridized carbons (Fsp3) is 0.368. The molecule has 1 aromatic heterocycles. The summed E-state index contributed by atoms with van der Waals surface area (Å²) in [5, 5.41) is 1.89. The van der Waals surface area contributed by atoms with E-state index in [4.69, 9.17) is 9.47 Å². The van der Waals surface area contributed by atoms with Gasteiger partial charge in [-0.1, -0.05) is 19.9 Å². The standard InChI is InChI=1S/C19H24N2O3S/c1-5-23-17-12-15(6-8-16(17)24-13-14(2)3)7-9-18(22)20-19-21(4)10-11-25-19/h6-12,14H,5,13H2,1-4H3. The van der Waals surface area contributed by atoms with Crippen molar-refractivity contribution in [3.05, 3.63) is 46.2 Å². The lowest BCUT2D eigenvalue weighted by atomic mass is 10.2. The molecule has 0 saturated heterocycles. The van der Waals surface area contributed by atoms with E-state index in [0.29, 0.717) is 35.4 Å². The second-order valence-corrected chi connectivity index (χ2v) is 6.80. The van der Waals surface area contributed by atoms with Crippen LogP contribution in [0.15, 0.2) is 40.8 Å². The maximum atomic E-state index is 12.0. The number of amides is 1. The van der Waals surface area contributed by atoms with E-state index >= 15 is 0 Å². The molecule has 0 bridgehead atoms. The Hall–Kier alpha value is -2.34. The van der Waals surface area contributed by atoms with Crippen LogP contribution < -0.4 is 14.3 Å². The zero-order chi connectivity index (χ0) is 18.2. The highest BCUT2D eigenvalue weighted by atomic mass is 32.1. The molecule has 25 heavy (non-hydrogen) atoms. The third kappa shape index (κ3) is 5.90. The van der Waals surface area contributed by atoms with Gasteiger partial charge >= 0.3 is 0 Å². The van der Waals surface area contributed by atoms with E-state index in [2.05, 4.69) is 18.8 Å². The molecule has 1 amide bonds. The van der Waals surface area contributed by atoms with Gasteiger partial charge in [-0.3, -0.25) is 4.79 Å². The van der Waals surface area contributed by atoms with Crippen LogP contribution in [0.3, 0.4) is 0 Å². The Bertz CT molecular complexity index is 803. The molecule has 0 spiro atoms. The lowest BCUT2D eigenvalue weighted by Gasteiger charge is -2.13. The Balaban J connectivity index is 2.14. The number of carbonyl (C=O) groups excluding carboxylic acids is 1. The predicted molar refractivity (Wildman–Crippen MR) is 101 cm³/mol.